The van der Waals surface area contributed by atoms with Gasteiger partial charge >= 0.3 is 0 Å². The molecule has 0 atom stereocenters. The Morgan fingerprint density at radius 2 is 1.61 bits per heavy atom. The molecule has 0 aliphatic heterocycles. The van der Waals surface area contributed by atoms with E-state index in [-0.39, 0.29) is 17.8 Å². The molecule has 3 nitrogen and oxygen atoms in total. The summed E-state index contributed by atoms with van der Waals surface area (Å²) < 4.78 is 12.3. The fourth-order valence-corrected chi connectivity index (χ4v) is 3.94. The van der Waals surface area contributed by atoms with E-state index in [2.05, 4.69) is 18.2 Å². The molecule has 0 saturated heterocycles. The lowest BCUT2D eigenvalue weighted by molar-refractivity contribution is 0.299. The Morgan fingerprint density at radius 3 is 2.45 bits per heavy atom. The first-order valence-corrected chi connectivity index (χ1v) is 10.4. The van der Waals surface area contributed by atoms with E-state index in [1.54, 1.807) is 12.1 Å². The van der Waals surface area contributed by atoms with Crippen LogP contribution in [-0.2, 0) is 6.61 Å². The minimum absolute atomic E-state index is 0.187. The van der Waals surface area contributed by atoms with Gasteiger partial charge in [-0.1, -0.05) is 84.4 Å². The normalized spacial score (nSPS) is 11.2. The summed E-state index contributed by atoms with van der Waals surface area (Å²) in [5, 5.41) is 3.14. The van der Waals surface area contributed by atoms with Gasteiger partial charge in [0.1, 0.15) is 12.2 Å². The minimum Gasteiger partial charge on any atom is -0.481 e. The summed E-state index contributed by atoms with van der Waals surface area (Å²) >= 11 is 6.29. The van der Waals surface area contributed by atoms with Gasteiger partial charge in [0, 0.05) is 10.6 Å². The molecule has 0 N–H and O–H groups in total. The third-order valence-corrected chi connectivity index (χ3v) is 5.83. The van der Waals surface area contributed by atoms with Crippen molar-refractivity contribution in [1.29, 1.82) is 0 Å². The molecule has 0 bridgehead atoms. The lowest BCUT2D eigenvalue weighted by atomic mass is 10.1. The molecule has 0 saturated carbocycles. The number of hydrogen-bond acceptors (Lipinski definition) is 3. The lowest BCUT2D eigenvalue weighted by Crippen LogP contribution is -2.10. The molecule has 0 amide bonds. The average molecular weight is 427 g/mol. The Morgan fingerprint density at radius 1 is 0.871 bits per heavy atom. The van der Waals surface area contributed by atoms with Crippen molar-refractivity contribution in [2.75, 3.05) is 0 Å². The molecule has 0 unspecified atom stereocenters. The summed E-state index contributed by atoms with van der Waals surface area (Å²) in [7, 11) is 0. The zero-order chi connectivity index (χ0) is 21.4. The summed E-state index contributed by atoms with van der Waals surface area (Å²) in [4.78, 5) is 13.4. The second-order valence-corrected chi connectivity index (χ2v) is 7.89. The predicted octanol–water partition coefficient (Wildman–Crippen LogP) is 7.15. The van der Waals surface area contributed by atoms with E-state index in [9.17, 15) is 4.79 Å². The van der Waals surface area contributed by atoms with Crippen LogP contribution in [0.25, 0.3) is 33.1 Å². The van der Waals surface area contributed by atoms with Crippen LogP contribution in [0.3, 0.4) is 0 Å². The second kappa shape index (κ2) is 7.93. The fourth-order valence-electron chi connectivity index (χ4n) is 3.78. The van der Waals surface area contributed by atoms with Crippen LogP contribution < -0.4 is 10.2 Å². The maximum Gasteiger partial charge on any atom is 0.235 e. The number of benzene rings is 4. The molecule has 5 rings (SSSR count). The Kier molecular flexibility index (Phi) is 4.97. The highest BCUT2D eigenvalue weighted by atomic mass is 35.5. The first-order chi connectivity index (χ1) is 15.1. The lowest BCUT2D eigenvalue weighted by Gasteiger charge is -2.13. The van der Waals surface area contributed by atoms with Crippen LogP contribution >= 0.6 is 11.6 Å². The molecule has 1 heterocycles. The molecule has 4 aromatic carbocycles. The number of ether oxygens (including phenoxy) is 1. The van der Waals surface area contributed by atoms with Gasteiger partial charge in [-0.3, -0.25) is 4.79 Å². The van der Waals surface area contributed by atoms with Crippen LogP contribution in [0.15, 0.2) is 94.1 Å². The topological polar surface area (TPSA) is 39.4 Å². The zero-order valence-corrected chi connectivity index (χ0v) is 17.6. The van der Waals surface area contributed by atoms with Crippen molar-refractivity contribution >= 4 is 33.3 Å². The number of aryl methyl sites for hydroxylation is 1. The second-order valence-electron chi connectivity index (χ2n) is 7.48. The van der Waals surface area contributed by atoms with Gasteiger partial charge in [-0.15, -0.1) is 0 Å². The SMILES string of the molecule is Cc1cc2oc(-c3ccccc3)c(OCc3cccc4ccccc34)c(=O)c2cc1Cl. The summed E-state index contributed by atoms with van der Waals surface area (Å²) in [6, 6.07) is 27.1. The first kappa shape index (κ1) is 19.4. The molecule has 4 heteroatoms. The van der Waals surface area contributed by atoms with Crippen LogP contribution in [0, 0.1) is 6.92 Å². The van der Waals surface area contributed by atoms with Gasteiger partial charge in [-0.2, -0.15) is 0 Å². The smallest absolute Gasteiger partial charge is 0.235 e. The van der Waals surface area contributed by atoms with Crippen molar-refractivity contribution in [1.82, 2.24) is 0 Å². The van der Waals surface area contributed by atoms with Gasteiger partial charge in [0.25, 0.3) is 0 Å². The van der Waals surface area contributed by atoms with E-state index in [0.717, 1.165) is 27.5 Å². The molecular weight excluding hydrogens is 408 g/mol. The molecule has 0 radical (unpaired) electrons. The highest BCUT2D eigenvalue weighted by Gasteiger charge is 2.19. The standard InChI is InChI=1S/C27H19ClO3/c1-17-14-24-22(15-23(17)28)25(29)27(26(31-24)19-9-3-2-4-10-19)30-16-20-12-7-11-18-8-5-6-13-21(18)20/h2-15H,16H2,1H3. The van der Waals surface area contributed by atoms with E-state index < -0.39 is 0 Å². The van der Waals surface area contributed by atoms with Crippen molar-refractivity contribution in [2.24, 2.45) is 0 Å². The Bertz CT molecular complexity index is 1460. The third-order valence-electron chi connectivity index (χ3n) is 5.42. The largest absolute Gasteiger partial charge is 0.481 e. The van der Waals surface area contributed by atoms with Crippen molar-refractivity contribution < 1.29 is 9.15 Å². The maximum atomic E-state index is 13.4. The van der Waals surface area contributed by atoms with E-state index in [1.807, 2.05) is 61.5 Å². The monoisotopic (exact) mass is 426 g/mol. The van der Waals surface area contributed by atoms with Crippen LogP contribution in [0.1, 0.15) is 11.1 Å². The Hall–Kier alpha value is -3.56. The summed E-state index contributed by atoms with van der Waals surface area (Å²) in [5.74, 6) is 0.603. The van der Waals surface area contributed by atoms with E-state index in [4.69, 9.17) is 20.8 Å². The number of hydrogen-bond donors (Lipinski definition) is 0. The fraction of sp³-hybridized carbons (Fsp3) is 0.0741. The predicted molar refractivity (Wildman–Crippen MR) is 126 cm³/mol. The molecule has 0 spiro atoms. The van der Waals surface area contributed by atoms with Crippen LogP contribution in [0.5, 0.6) is 5.75 Å². The van der Waals surface area contributed by atoms with Crippen molar-refractivity contribution in [2.45, 2.75) is 13.5 Å². The van der Waals surface area contributed by atoms with E-state index in [1.165, 1.54) is 0 Å². The van der Waals surface area contributed by atoms with Gasteiger partial charge in [-0.25, -0.2) is 0 Å². The zero-order valence-electron chi connectivity index (χ0n) is 16.9. The van der Waals surface area contributed by atoms with Crippen molar-refractivity contribution in [3.05, 3.63) is 111 Å². The molecule has 0 aliphatic carbocycles. The van der Waals surface area contributed by atoms with Crippen molar-refractivity contribution in [3.63, 3.8) is 0 Å². The summed E-state index contributed by atoms with van der Waals surface area (Å²) in [5.41, 5.74) is 2.88. The molecule has 5 aromatic rings. The molecular formula is C27H19ClO3. The summed E-state index contributed by atoms with van der Waals surface area (Å²) in [6.45, 7) is 2.13. The van der Waals surface area contributed by atoms with Crippen LogP contribution in [-0.4, -0.2) is 0 Å². The average Bonchev–Trinajstić information content (AvgIpc) is 2.80. The van der Waals surface area contributed by atoms with Gasteiger partial charge in [0.15, 0.2) is 5.76 Å². The number of halogens is 1. The highest BCUT2D eigenvalue weighted by molar-refractivity contribution is 6.32. The molecule has 31 heavy (non-hydrogen) atoms. The van der Waals surface area contributed by atoms with Crippen LogP contribution in [0.2, 0.25) is 5.02 Å². The number of fused-ring (bicyclic) bond motifs is 2. The van der Waals surface area contributed by atoms with Gasteiger partial charge < -0.3 is 9.15 Å². The van der Waals surface area contributed by atoms with E-state index in [0.29, 0.717) is 21.8 Å². The Labute approximate surface area is 184 Å². The van der Waals surface area contributed by atoms with Crippen LogP contribution in [0.4, 0.5) is 0 Å². The quantitative estimate of drug-likeness (QED) is 0.306. The van der Waals surface area contributed by atoms with Gasteiger partial charge in [-0.05, 0) is 41.0 Å². The first-order valence-electron chi connectivity index (χ1n) is 10.0. The molecule has 1 aromatic heterocycles. The molecule has 0 fully saturated rings. The summed E-state index contributed by atoms with van der Waals surface area (Å²) in [6.07, 6.45) is 0. The Balaban J connectivity index is 1.66. The van der Waals surface area contributed by atoms with Gasteiger partial charge in [0.05, 0.1) is 5.39 Å². The van der Waals surface area contributed by atoms with Gasteiger partial charge in [0.2, 0.25) is 11.2 Å². The third kappa shape index (κ3) is 3.58. The highest BCUT2D eigenvalue weighted by Crippen LogP contribution is 2.33. The minimum atomic E-state index is -0.234. The number of rotatable bonds is 4. The molecule has 0 aliphatic rings. The van der Waals surface area contributed by atoms with Crippen molar-refractivity contribution in [3.8, 4) is 17.1 Å². The maximum absolute atomic E-state index is 13.4. The molecule has 152 valence electrons. The van der Waals surface area contributed by atoms with E-state index >= 15 is 0 Å².